The van der Waals surface area contributed by atoms with Gasteiger partial charge in [0.05, 0.1) is 16.3 Å². The highest BCUT2D eigenvalue weighted by molar-refractivity contribution is 7.99. The van der Waals surface area contributed by atoms with Crippen LogP contribution in [0.15, 0.2) is 41.6 Å². The molecule has 0 saturated carbocycles. The maximum atomic E-state index is 12.6. The Morgan fingerprint density at radius 1 is 1.13 bits per heavy atom. The zero-order valence-electron chi connectivity index (χ0n) is 16.5. The van der Waals surface area contributed by atoms with Gasteiger partial charge >= 0.3 is 6.18 Å². The molecule has 2 aromatic rings. The number of ether oxygens (including phenoxy) is 3. The lowest BCUT2D eigenvalue weighted by atomic mass is 9.74. The quantitative estimate of drug-likeness (QED) is 0.670. The molecule has 10 heteroatoms. The molecule has 0 atom stereocenters. The molecular formula is C21H21F3N2O4S. The predicted molar refractivity (Wildman–Crippen MR) is 107 cm³/mol. The van der Waals surface area contributed by atoms with E-state index in [0.29, 0.717) is 36.3 Å². The number of aromatic nitrogens is 1. The van der Waals surface area contributed by atoms with Gasteiger partial charge in [0.25, 0.3) is 0 Å². The number of nitrogens with one attached hydrogen (secondary N) is 1. The van der Waals surface area contributed by atoms with Crippen LogP contribution >= 0.6 is 11.8 Å². The molecule has 0 unspecified atom stereocenters. The normalized spacial score (nSPS) is 17.4. The Bertz CT molecular complexity index is 931. The zero-order chi connectivity index (χ0) is 21.9. The van der Waals surface area contributed by atoms with Crippen LogP contribution < -0.4 is 14.8 Å². The van der Waals surface area contributed by atoms with Crippen molar-refractivity contribution < 1.29 is 32.2 Å². The fourth-order valence-electron chi connectivity index (χ4n) is 3.65. The minimum Gasteiger partial charge on any atom is -0.454 e. The second-order valence-electron chi connectivity index (χ2n) is 7.41. The number of thioether (sulfide) groups is 1. The molecule has 1 N–H and O–H groups in total. The molecular weight excluding hydrogens is 433 g/mol. The molecule has 31 heavy (non-hydrogen) atoms. The number of carbonyl (C=O) groups is 1. The van der Waals surface area contributed by atoms with Gasteiger partial charge in [-0.3, -0.25) is 4.79 Å². The van der Waals surface area contributed by atoms with Gasteiger partial charge in [0.2, 0.25) is 12.7 Å². The van der Waals surface area contributed by atoms with E-state index in [0.717, 1.165) is 42.4 Å². The number of fused-ring (bicyclic) bond motifs is 1. The SMILES string of the molecule is O=C(CSc1ccc(C(F)(F)F)cn1)NCC1(c2ccc3c(c2)OCO3)CCOCC1. The molecule has 166 valence electrons. The highest BCUT2D eigenvalue weighted by Crippen LogP contribution is 2.40. The summed E-state index contributed by atoms with van der Waals surface area (Å²) in [7, 11) is 0. The molecule has 0 radical (unpaired) electrons. The van der Waals surface area contributed by atoms with E-state index in [-0.39, 0.29) is 23.9 Å². The van der Waals surface area contributed by atoms with E-state index in [1.54, 1.807) is 0 Å². The molecule has 1 fully saturated rings. The lowest BCUT2D eigenvalue weighted by Gasteiger charge is -2.38. The van der Waals surface area contributed by atoms with Crippen LogP contribution in [-0.2, 0) is 21.1 Å². The van der Waals surface area contributed by atoms with Crippen LogP contribution in [0.2, 0.25) is 0 Å². The lowest BCUT2D eigenvalue weighted by Crippen LogP contribution is -2.45. The van der Waals surface area contributed by atoms with Gasteiger partial charge in [-0.2, -0.15) is 13.2 Å². The Hall–Kier alpha value is -2.46. The first-order valence-electron chi connectivity index (χ1n) is 9.76. The first-order valence-corrected chi connectivity index (χ1v) is 10.7. The average Bonchev–Trinajstić information content (AvgIpc) is 3.24. The first kappa shape index (κ1) is 21.8. The van der Waals surface area contributed by atoms with Crippen molar-refractivity contribution in [3.05, 3.63) is 47.7 Å². The number of halogens is 3. The molecule has 0 spiro atoms. The van der Waals surface area contributed by atoms with E-state index >= 15 is 0 Å². The van der Waals surface area contributed by atoms with Crippen molar-refractivity contribution >= 4 is 17.7 Å². The number of amides is 1. The van der Waals surface area contributed by atoms with E-state index in [1.807, 2.05) is 18.2 Å². The van der Waals surface area contributed by atoms with Crippen molar-refractivity contribution in [2.75, 3.05) is 32.3 Å². The second kappa shape index (κ2) is 8.96. The van der Waals surface area contributed by atoms with Crippen molar-refractivity contribution in [2.24, 2.45) is 0 Å². The molecule has 2 aliphatic rings. The predicted octanol–water partition coefficient (Wildman–Crippen LogP) is 3.79. The van der Waals surface area contributed by atoms with Crippen molar-refractivity contribution in [2.45, 2.75) is 29.5 Å². The Morgan fingerprint density at radius 2 is 1.90 bits per heavy atom. The monoisotopic (exact) mass is 454 g/mol. The lowest BCUT2D eigenvalue weighted by molar-refractivity contribution is -0.137. The summed E-state index contributed by atoms with van der Waals surface area (Å²) in [5, 5.41) is 3.33. The maximum absolute atomic E-state index is 12.6. The summed E-state index contributed by atoms with van der Waals surface area (Å²) in [6, 6.07) is 8.06. The van der Waals surface area contributed by atoms with E-state index in [4.69, 9.17) is 14.2 Å². The summed E-state index contributed by atoms with van der Waals surface area (Å²) in [5.41, 5.74) is -0.0458. The molecule has 1 saturated heterocycles. The second-order valence-corrected chi connectivity index (χ2v) is 8.40. The van der Waals surface area contributed by atoms with Crippen LogP contribution in [0.25, 0.3) is 0 Å². The smallest absolute Gasteiger partial charge is 0.417 e. The summed E-state index contributed by atoms with van der Waals surface area (Å²) in [4.78, 5) is 16.2. The summed E-state index contributed by atoms with van der Waals surface area (Å²) in [6.07, 6.45) is -2.15. The molecule has 0 aliphatic carbocycles. The third-order valence-corrected chi connectivity index (χ3v) is 6.42. The molecule has 1 aromatic heterocycles. The van der Waals surface area contributed by atoms with Crippen LogP contribution in [0, 0.1) is 0 Å². The summed E-state index contributed by atoms with van der Waals surface area (Å²) in [6.45, 7) is 1.81. The third-order valence-electron chi connectivity index (χ3n) is 5.47. The summed E-state index contributed by atoms with van der Waals surface area (Å²) >= 11 is 1.09. The van der Waals surface area contributed by atoms with Gasteiger partial charge in [-0.25, -0.2) is 4.98 Å². The van der Waals surface area contributed by atoms with E-state index in [1.165, 1.54) is 6.07 Å². The number of hydrogen-bond donors (Lipinski definition) is 1. The molecule has 3 heterocycles. The van der Waals surface area contributed by atoms with Crippen molar-refractivity contribution in [3.63, 3.8) is 0 Å². The maximum Gasteiger partial charge on any atom is 0.417 e. The van der Waals surface area contributed by atoms with Gasteiger partial charge < -0.3 is 19.5 Å². The number of rotatable bonds is 6. The zero-order valence-corrected chi connectivity index (χ0v) is 17.4. The number of carbonyl (C=O) groups excluding carboxylic acids is 1. The minimum absolute atomic E-state index is 0.0616. The van der Waals surface area contributed by atoms with Crippen LogP contribution in [0.3, 0.4) is 0 Å². The summed E-state index contributed by atoms with van der Waals surface area (Å²) < 4.78 is 54.3. The van der Waals surface area contributed by atoms with E-state index < -0.39 is 11.7 Å². The molecule has 2 aliphatic heterocycles. The van der Waals surface area contributed by atoms with Crippen LogP contribution in [0.4, 0.5) is 13.2 Å². The Kier molecular flexibility index (Phi) is 6.29. The van der Waals surface area contributed by atoms with Gasteiger partial charge in [0, 0.05) is 31.4 Å². The highest BCUT2D eigenvalue weighted by Gasteiger charge is 2.36. The fourth-order valence-corrected chi connectivity index (χ4v) is 4.32. The van der Waals surface area contributed by atoms with Gasteiger partial charge in [0.15, 0.2) is 11.5 Å². The number of hydrogen-bond acceptors (Lipinski definition) is 6. The van der Waals surface area contributed by atoms with Gasteiger partial charge in [-0.15, -0.1) is 0 Å². The molecule has 1 amide bonds. The van der Waals surface area contributed by atoms with Crippen molar-refractivity contribution in [3.8, 4) is 11.5 Å². The van der Waals surface area contributed by atoms with Crippen LogP contribution in [-0.4, -0.2) is 43.2 Å². The van der Waals surface area contributed by atoms with Crippen molar-refractivity contribution in [1.82, 2.24) is 10.3 Å². The summed E-state index contributed by atoms with van der Waals surface area (Å²) in [5.74, 6) is 1.25. The minimum atomic E-state index is -4.43. The Balaban J connectivity index is 1.37. The van der Waals surface area contributed by atoms with Crippen LogP contribution in [0.1, 0.15) is 24.0 Å². The Labute approximate surface area is 181 Å². The van der Waals surface area contributed by atoms with Gasteiger partial charge in [0.1, 0.15) is 0 Å². The molecule has 6 nitrogen and oxygen atoms in total. The third kappa shape index (κ3) is 5.07. The van der Waals surface area contributed by atoms with Gasteiger partial charge in [-0.05, 0) is 42.7 Å². The standard InChI is InChI=1S/C21H21F3N2O4S/c22-21(23,24)15-2-4-19(25-10-15)31-11-18(27)26-12-20(5-7-28-8-6-20)14-1-3-16-17(9-14)30-13-29-16/h1-4,9-10H,5-8,11-13H2,(H,26,27). The average molecular weight is 454 g/mol. The van der Waals surface area contributed by atoms with E-state index in [2.05, 4.69) is 10.3 Å². The van der Waals surface area contributed by atoms with Crippen molar-refractivity contribution in [1.29, 1.82) is 0 Å². The van der Waals surface area contributed by atoms with Gasteiger partial charge in [-0.1, -0.05) is 17.8 Å². The highest BCUT2D eigenvalue weighted by atomic mass is 32.2. The number of alkyl halides is 3. The largest absolute Gasteiger partial charge is 0.454 e. The first-order chi connectivity index (χ1) is 14.9. The number of nitrogens with zero attached hydrogens (tertiary/aromatic N) is 1. The number of benzene rings is 1. The molecule has 0 bridgehead atoms. The van der Waals surface area contributed by atoms with Crippen LogP contribution in [0.5, 0.6) is 11.5 Å². The fraction of sp³-hybridized carbons (Fsp3) is 0.429. The number of pyridine rings is 1. The van der Waals surface area contributed by atoms with E-state index in [9.17, 15) is 18.0 Å². The molecule has 1 aromatic carbocycles. The topological polar surface area (TPSA) is 69.7 Å². The molecule has 4 rings (SSSR count). The Morgan fingerprint density at radius 3 is 2.61 bits per heavy atom.